The molecule has 0 saturated heterocycles. The lowest BCUT2D eigenvalue weighted by atomic mass is 10.0. The van der Waals surface area contributed by atoms with Crippen LogP contribution in [0.4, 0.5) is 17.1 Å². The van der Waals surface area contributed by atoms with Gasteiger partial charge in [0.2, 0.25) is 0 Å². The number of hydrogen-bond donors (Lipinski definition) is 3. The first-order chi connectivity index (χ1) is 39.7. The Hall–Kier alpha value is -8.74. The molecule has 3 aliphatic carbocycles. The Morgan fingerprint density at radius 2 is 0.627 bits per heavy atom. The fourth-order valence-corrected chi connectivity index (χ4v) is 12.0. The molecular weight excluding hydrogens is 1090 g/mol. The number of nitrogens with two attached hydrogens (primary N) is 3. The monoisotopic (exact) mass is 1150 g/mol. The van der Waals surface area contributed by atoms with Crippen molar-refractivity contribution in [2.45, 2.75) is 60.8 Å². The van der Waals surface area contributed by atoms with E-state index >= 15 is 0 Å². The highest BCUT2D eigenvalue weighted by Crippen LogP contribution is 2.51. The number of methoxy groups -OCH3 is 6. The maximum atomic E-state index is 14.6. The van der Waals surface area contributed by atoms with Gasteiger partial charge in [0, 0.05) is 36.0 Å². The SMILES string of the molecule is COc1cc2c(c(N)c1OC)C(=O)/C(=C/c1cc(C)c(OCOP(=O)(OCOc3c(C)cc(/C=C4\Cc5cc(OC)c(OC)c(N)c5C4=O)cc3C)OCOc3c(C)cc(/C=C4\Cc5cc(OC)c(OC)c(N)c5C4=O)cc3C)c(C)c1)C2. The van der Waals surface area contributed by atoms with Crippen LogP contribution in [0.2, 0.25) is 0 Å². The minimum Gasteiger partial charge on any atom is -0.493 e. The standard InChI is InChI=1S/C63H66N3O16P/c1-31-13-37(19-43-22-40-25-46(71-7)61(74-10)52(64)49(40)55(43)67)14-32(2)58(31)77-28-80-83(70,81-29-78-59-33(3)15-38(16-34(59)4)20-44-23-41-26-47(72-8)62(75-11)53(65)50(41)56(44)68)82-30-79-60-35(5)17-39(18-36(60)6)21-45-24-42-27-48(73-9)63(76-12)54(66)51(42)57(45)69/h13-21,25-27H,22-24,28-30,64-66H2,1-12H3/b43-19+,44-20+,45-21+. The molecule has 0 heterocycles. The van der Waals surface area contributed by atoms with Crippen molar-refractivity contribution in [3.05, 3.63) is 155 Å². The molecule has 20 heteroatoms. The Kier molecular flexibility index (Phi) is 17.0. The lowest BCUT2D eigenvalue weighted by molar-refractivity contribution is -0.00524. The molecule has 83 heavy (non-hydrogen) atoms. The average molecular weight is 1150 g/mol. The van der Waals surface area contributed by atoms with Gasteiger partial charge in [-0.1, -0.05) is 0 Å². The summed E-state index contributed by atoms with van der Waals surface area (Å²) >= 11 is 0. The van der Waals surface area contributed by atoms with Crippen molar-refractivity contribution in [1.29, 1.82) is 0 Å². The van der Waals surface area contributed by atoms with Crippen LogP contribution < -0.4 is 59.8 Å². The maximum absolute atomic E-state index is 14.6. The average Bonchev–Trinajstić information content (AvgIpc) is 3.81. The van der Waals surface area contributed by atoms with Gasteiger partial charge in [-0.05, 0) is 181 Å². The third kappa shape index (κ3) is 11.4. The van der Waals surface area contributed by atoms with Crippen molar-refractivity contribution in [1.82, 2.24) is 0 Å². The second kappa shape index (κ2) is 24.0. The molecule has 0 aromatic heterocycles. The smallest absolute Gasteiger partial charge is 0.483 e. The van der Waals surface area contributed by atoms with E-state index < -0.39 is 28.2 Å². The van der Waals surface area contributed by atoms with E-state index in [4.69, 9.17) is 73.4 Å². The molecule has 6 aromatic rings. The van der Waals surface area contributed by atoms with E-state index in [2.05, 4.69) is 0 Å². The zero-order valence-electron chi connectivity index (χ0n) is 48.4. The first-order valence-corrected chi connectivity index (χ1v) is 27.7. The van der Waals surface area contributed by atoms with E-state index in [1.54, 1.807) is 18.2 Å². The molecule has 0 radical (unpaired) electrons. The number of ketones is 3. The Morgan fingerprint density at radius 1 is 0.386 bits per heavy atom. The number of hydrogen-bond acceptors (Lipinski definition) is 19. The number of carbonyl (C=O) groups is 3. The summed E-state index contributed by atoms with van der Waals surface area (Å²) in [6, 6.07) is 16.4. The molecule has 0 aliphatic heterocycles. The largest absolute Gasteiger partial charge is 0.493 e. The molecular formula is C63H66N3O16P. The summed E-state index contributed by atoms with van der Waals surface area (Å²) in [5.74, 6) is 2.92. The predicted molar refractivity (Wildman–Crippen MR) is 315 cm³/mol. The number of phosphoric acid groups is 1. The lowest BCUT2D eigenvalue weighted by Gasteiger charge is -2.21. The fourth-order valence-electron chi connectivity index (χ4n) is 11.2. The Bertz CT molecular complexity index is 3370. The van der Waals surface area contributed by atoms with E-state index in [1.807, 2.05) is 96.2 Å². The first-order valence-electron chi connectivity index (χ1n) is 26.3. The summed E-state index contributed by atoms with van der Waals surface area (Å²) in [5.41, 5.74) is 31.2. The van der Waals surface area contributed by atoms with Crippen LogP contribution in [0.5, 0.6) is 51.7 Å². The molecule has 6 N–H and O–H groups in total. The highest BCUT2D eigenvalue weighted by molar-refractivity contribution is 7.48. The number of benzene rings is 6. The van der Waals surface area contributed by atoms with Gasteiger partial charge >= 0.3 is 7.82 Å². The summed E-state index contributed by atoms with van der Waals surface area (Å²) in [6.45, 7) is 9.26. The molecule has 0 unspecified atom stereocenters. The summed E-state index contributed by atoms with van der Waals surface area (Å²) in [7, 11) is 4.38. The van der Waals surface area contributed by atoms with Gasteiger partial charge in [-0.25, -0.2) is 18.1 Å². The lowest BCUT2D eigenvalue weighted by Crippen LogP contribution is -2.13. The van der Waals surface area contributed by atoms with Crippen LogP contribution >= 0.6 is 7.82 Å². The molecule has 0 saturated carbocycles. The summed E-state index contributed by atoms with van der Waals surface area (Å²) < 4.78 is 83.2. The highest BCUT2D eigenvalue weighted by atomic mass is 31.2. The minimum absolute atomic E-state index is 0.205. The number of phosphoric ester groups is 1. The second-order valence-corrected chi connectivity index (χ2v) is 21.9. The van der Waals surface area contributed by atoms with Gasteiger partial charge in [-0.2, -0.15) is 0 Å². The third-order valence-corrected chi connectivity index (χ3v) is 16.0. The molecule has 0 atom stereocenters. The predicted octanol–water partition coefficient (Wildman–Crippen LogP) is 11.4. The van der Waals surface area contributed by atoms with Gasteiger partial charge < -0.3 is 59.8 Å². The van der Waals surface area contributed by atoms with Gasteiger partial charge in [-0.3, -0.25) is 14.4 Å². The van der Waals surface area contributed by atoms with Crippen LogP contribution in [0.15, 0.2) is 71.3 Å². The van der Waals surface area contributed by atoms with Gasteiger partial charge in [-0.15, -0.1) is 0 Å². The van der Waals surface area contributed by atoms with Crippen molar-refractivity contribution >= 4 is 60.5 Å². The van der Waals surface area contributed by atoms with Gasteiger partial charge in [0.25, 0.3) is 0 Å². The third-order valence-electron chi connectivity index (χ3n) is 14.8. The second-order valence-electron chi connectivity index (χ2n) is 20.3. The summed E-state index contributed by atoms with van der Waals surface area (Å²) in [5, 5.41) is 0. The number of anilines is 3. The zero-order chi connectivity index (χ0) is 59.8. The molecule has 0 fully saturated rings. The summed E-state index contributed by atoms with van der Waals surface area (Å²) in [4.78, 5) is 40.9. The van der Waals surface area contributed by atoms with Crippen molar-refractivity contribution in [3.63, 3.8) is 0 Å². The minimum atomic E-state index is -4.57. The molecule has 6 aromatic carbocycles. The Morgan fingerprint density at radius 3 is 0.843 bits per heavy atom. The van der Waals surface area contributed by atoms with Crippen molar-refractivity contribution < 1.29 is 75.2 Å². The molecule has 434 valence electrons. The van der Waals surface area contributed by atoms with E-state index in [0.29, 0.717) is 138 Å². The topological polar surface area (TPSA) is 257 Å². The number of fused-ring (bicyclic) bond motifs is 3. The van der Waals surface area contributed by atoms with E-state index in [-0.39, 0.29) is 34.4 Å². The molecule has 0 amide bonds. The van der Waals surface area contributed by atoms with Crippen molar-refractivity contribution in [2.75, 3.05) is 80.2 Å². The maximum Gasteiger partial charge on any atom is 0.483 e. The quantitative estimate of drug-likeness (QED) is 0.0262. The number of nitrogen functional groups attached to an aromatic ring is 3. The fraction of sp³-hybridized carbons (Fsp3) is 0.286. The molecule has 0 bridgehead atoms. The van der Waals surface area contributed by atoms with E-state index in [9.17, 15) is 18.9 Å². The number of Topliss-reactive ketones (excluding diaryl/α,β-unsaturated/α-hetero) is 3. The van der Waals surface area contributed by atoms with Gasteiger partial charge in [0.05, 0.1) is 76.4 Å². The van der Waals surface area contributed by atoms with Crippen LogP contribution in [0.1, 0.15) is 97.8 Å². The number of rotatable bonds is 21. The number of ether oxygens (including phenoxy) is 9. The van der Waals surface area contributed by atoms with Crippen LogP contribution in [-0.2, 0) is 37.4 Å². The van der Waals surface area contributed by atoms with Crippen LogP contribution in [0, 0.1) is 41.5 Å². The van der Waals surface area contributed by atoms with Crippen molar-refractivity contribution in [2.24, 2.45) is 0 Å². The Balaban J connectivity index is 0.909. The van der Waals surface area contributed by atoms with E-state index in [1.165, 1.54) is 42.7 Å². The zero-order valence-corrected chi connectivity index (χ0v) is 49.3. The van der Waals surface area contributed by atoms with Crippen molar-refractivity contribution in [3.8, 4) is 51.7 Å². The van der Waals surface area contributed by atoms with Crippen LogP contribution in [-0.4, -0.2) is 80.4 Å². The molecule has 9 rings (SSSR count). The molecule has 19 nitrogen and oxygen atoms in total. The van der Waals surface area contributed by atoms with Crippen LogP contribution in [0.25, 0.3) is 18.2 Å². The highest BCUT2D eigenvalue weighted by Gasteiger charge is 2.35. The summed E-state index contributed by atoms with van der Waals surface area (Å²) in [6.07, 6.45) is 6.47. The first kappa shape index (κ1) is 58.9. The number of carbonyl (C=O) groups excluding carboxylic acids is 3. The number of allylic oxidation sites excluding steroid dienone is 3. The van der Waals surface area contributed by atoms with Crippen LogP contribution in [0.3, 0.4) is 0 Å². The Labute approximate surface area is 481 Å². The molecule has 3 aliphatic rings. The van der Waals surface area contributed by atoms with Gasteiger partial charge in [0.15, 0.2) is 72.2 Å². The molecule has 0 spiro atoms. The normalized spacial score (nSPS) is 15.0. The van der Waals surface area contributed by atoms with E-state index in [0.717, 1.165) is 33.4 Å². The van der Waals surface area contributed by atoms with Gasteiger partial charge in [0.1, 0.15) is 17.2 Å². The number of aryl methyl sites for hydroxylation is 6.